The predicted molar refractivity (Wildman–Crippen MR) is 73.0 cm³/mol. The Labute approximate surface area is 112 Å². The topological polar surface area (TPSA) is 41.6 Å². The molecule has 0 aromatic carbocycles. The number of carbonyl (C=O) groups excluding carboxylic acids is 1. The monoisotopic (exact) mass is 268 g/mol. The van der Waals surface area contributed by atoms with E-state index in [1.165, 1.54) is 4.88 Å². The number of nitrogens with zero attached hydrogens (tertiary/aromatic N) is 1. The van der Waals surface area contributed by atoms with Crippen LogP contribution in [-0.4, -0.2) is 43.8 Å². The summed E-state index contributed by atoms with van der Waals surface area (Å²) >= 11 is 1.72. The van der Waals surface area contributed by atoms with Gasteiger partial charge in [-0.2, -0.15) is 0 Å². The molecule has 0 saturated carbocycles. The predicted octanol–water partition coefficient (Wildman–Crippen LogP) is 2.11. The first-order valence-corrected chi connectivity index (χ1v) is 7.26. The van der Waals surface area contributed by atoms with Crippen molar-refractivity contribution < 1.29 is 9.53 Å². The number of thiophene rings is 1. The fourth-order valence-corrected chi connectivity index (χ4v) is 2.77. The Morgan fingerprint density at radius 2 is 2.56 bits per heavy atom. The molecule has 1 atom stereocenters. The molecule has 18 heavy (non-hydrogen) atoms. The lowest BCUT2D eigenvalue weighted by Crippen LogP contribution is -2.41. The summed E-state index contributed by atoms with van der Waals surface area (Å²) < 4.78 is 5.52. The van der Waals surface area contributed by atoms with Crippen LogP contribution in [-0.2, 0) is 11.2 Å². The second-order valence-electron chi connectivity index (χ2n) is 4.58. The van der Waals surface area contributed by atoms with Gasteiger partial charge in [-0.3, -0.25) is 0 Å². The van der Waals surface area contributed by atoms with Gasteiger partial charge in [0.15, 0.2) is 0 Å². The van der Waals surface area contributed by atoms with Gasteiger partial charge in [0.2, 0.25) is 0 Å². The van der Waals surface area contributed by atoms with E-state index < -0.39 is 0 Å². The Balaban J connectivity index is 1.64. The SMILES string of the molecule is CN(C[C@@H]1CCCO1)C(=O)NCCc1cccs1. The molecule has 1 aliphatic heterocycles. The van der Waals surface area contributed by atoms with E-state index in [0.29, 0.717) is 13.1 Å². The maximum atomic E-state index is 11.8. The van der Waals surface area contributed by atoms with Crippen molar-refractivity contribution in [2.45, 2.75) is 25.4 Å². The molecule has 1 aromatic rings. The summed E-state index contributed by atoms with van der Waals surface area (Å²) in [6.45, 7) is 2.21. The van der Waals surface area contributed by atoms with Crippen molar-refractivity contribution in [3.63, 3.8) is 0 Å². The molecule has 0 aliphatic carbocycles. The van der Waals surface area contributed by atoms with Gasteiger partial charge in [-0.25, -0.2) is 4.79 Å². The summed E-state index contributed by atoms with van der Waals surface area (Å²) in [5.74, 6) is 0. The Bertz CT molecular complexity index is 361. The van der Waals surface area contributed by atoms with Gasteiger partial charge in [-0.05, 0) is 30.7 Å². The highest BCUT2D eigenvalue weighted by Crippen LogP contribution is 2.12. The third-order valence-electron chi connectivity index (χ3n) is 3.08. The van der Waals surface area contributed by atoms with Gasteiger partial charge in [0.25, 0.3) is 0 Å². The van der Waals surface area contributed by atoms with Crippen LogP contribution in [0.3, 0.4) is 0 Å². The van der Waals surface area contributed by atoms with Crippen molar-refractivity contribution in [3.05, 3.63) is 22.4 Å². The highest BCUT2D eigenvalue weighted by Gasteiger charge is 2.19. The van der Waals surface area contributed by atoms with Gasteiger partial charge in [0.05, 0.1) is 6.10 Å². The number of ether oxygens (including phenoxy) is 1. The summed E-state index contributed by atoms with van der Waals surface area (Å²) in [6.07, 6.45) is 3.29. The lowest BCUT2D eigenvalue weighted by Gasteiger charge is -2.21. The summed E-state index contributed by atoms with van der Waals surface area (Å²) in [4.78, 5) is 14.8. The van der Waals surface area contributed by atoms with E-state index in [4.69, 9.17) is 4.74 Å². The van der Waals surface area contributed by atoms with Crippen LogP contribution in [0.25, 0.3) is 0 Å². The minimum Gasteiger partial charge on any atom is -0.376 e. The van der Waals surface area contributed by atoms with Crippen molar-refractivity contribution in [2.24, 2.45) is 0 Å². The summed E-state index contributed by atoms with van der Waals surface area (Å²) in [5, 5.41) is 4.99. The van der Waals surface area contributed by atoms with Gasteiger partial charge in [0, 0.05) is 31.6 Å². The van der Waals surface area contributed by atoms with Crippen LogP contribution in [0, 0.1) is 0 Å². The fraction of sp³-hybridized carbons (Fsp3) is 0.615. The van der Waals surface area contributed by atoms with E-state index in [9.17, 15) is 4.79 Å². The van der Waals surface area contributed by atoms with Crippen LogP contribution in [0.15, 0.2) is 17.5 Å². The molecule has 0 radical (unpaired) electrons. The van der Waals surface area contributed by atoms with Gasteiger partial charge < -0.3 is 15.0 Å². The molecule has 100 valence electrons. The molecule has 0 spiro atoms. The number of carbonyl (C=O) groups is 1. The minimum absolute atomic E-state index is 0.0120. The fourth-order valence-electron chi connectivity index (χ4n) is 2.06. The molecule has 0 unspecified atom stereocenters. The normalized spacial score (nSPS) is 18.8. The Hall–Kier alpha value is -1.07. The highest BCUT2D eigenvalue weighted by molar-refractivity contribution is 7.09. The van der Waals surface area contributed by atoms with E-state index in [1.54, 1.807) is 16.2 Å². The number of likely N-dealkylation sites (N-methyl/N-ethyl adjacent to an activating group) is 1. The number of hydrogen-bond donors (Lipinski definition) is 1. The van der Waals surface area contributed by atoms with Crippen LogP contribution < -0.4 is 5.32 Å². The van der Waals surface area contributed by atoms with Crippen LogP contribution in [0.4, 0.5) is 4.79 Å². The molecular formula is C13H20N2O2S. The highest BCUT2D eigenvalue weighted by atomic mass is 32.1. The van der Waals surface area contributed by atoms with Gasteiger partial charge in [-0.1, -0.05) is 6.07 Å². The minimum atomic E-state index is -0.0120. The zero-order valence-corrected chi connectivity index (χ0v) is 11.5. The standard InChI is InChI=1S/C13H20N2O2S/c1-15(10-11-4-2-8-17-11)13(16)14-7-6-12-5-3-9-18-12/h3,5,9,11H,2,4,6-8,10H2,1H3,(H,14,16)/t11-/m0/s1. The smallest absolute Gasteiger partial charge is 0.317 e. The molecule has 2 amide bonds. The zero-order valence-electron chi connectivity index (χ0n) is 10.7. The molecule has 5 heteroatoms. The van der Waals surface area contributed by atoms with E-state index in [0.717, 1.165) is 25.9 Å². The first-order chi connectivity index (χ1) is 8.75. The van der Waals surface area contributed by atoms with Crippen LogP contribution in [0.1, 0.15) is 17.7 Å². The molecule has 1 aromatic heterocycles. The molecule has 1 aliphatic rings. The molecule has 0 bridgehead atoms. The van der Waals surface area contributed by atoms with Crippen molar-refractivity contribution in [1.82, 2.24) is 10.2 Å². The number of amides is 2. The summed E-state index contributed by atoms with van der Waals surface area (Å²) in [7, 11) is 1.82. The molecule has 1 saturated heterocycles. The first kappa shape index (κ1) is 13.4. The number of urea groups is 1. The van der Waals surface area contributed by atoms with E-state index in [1.807, 2.05) is 13.1 Å². The third-order valence-corrected chi connectivity index (χ3v) is 4.01. The van der Waals surface area contributed by atoms with Gasteiger partial charge in [0.1, 0.15) is 0 Å². The molecule has 2 heterocycles. The van der Waals surface area contributed by atoms with Crippen molar-refractivity contribution in [1.29, 1.82) is 0 Å². The lowest BCUT2D eigenvalue weighted by atomic mass is 10.2. The zero-order chi connectivity index (χ0) is 12.8. The number of nitrogens with one attached hydrogen (secondary N) is 1. The van der Waals surface area contributed by atoms with E-state index in [2.05, 4.69) is 16.8 Å². The maximum Gasteiger partial charge on any atom is 0.317 e. The van der Waals surface area contributed by atoms with Crippen LogP contribution in [0.5, 0.6) is 0 Å². The van der Waals surface area contributed by atoms with Crippen LogP contribution >= 0.6 is 11.3 Å². The molecular weight excluding hydrogens is 248 g/mol. The number of hydrogen-bond acceptors (Lipinski definition) is 3. The second-order valence-corrected chi connectivity index (χ2v) is 5.61. The summed E-state index contributed by atoms with van der Waals surface area (Å²) in [5.41, 5.74) is 0. The lowest BCUT2D eigenvalue weighted by molar-refractivity contribution is 0.0875. The second kappa shape index (κ2) is 6.75. The van der Waals surface area contributed by atoms with Gasteiger partial charge >= 0.3 is 6.03 Å². The molecule has 1 N–H and O–H groups in total. The Morgan fingerprint density at radius 1 is 1.67 bits per heavy atom. The van der Waals surface area contributed by atoms with Crippen LogP contribution in [0.2, 0.25) is 0 Å². The average Bonchev–Trinajstić information content (AvgIpc) is 3.01. The Morgan fingerprint density at radius 3 is 3.22 bits per heavy atom. The quantitative estimate of drug-likeness (QED) is 0.888. The Kier molecular flexibility index (Phi) is 5.01. The molecule has 4 nitrogen and oxygen atoms in total. The maximum absolute atomic E-state index is 11.8. The number of rotatable bonds is 5. The van der Waals surface area contributed by atoms with E-state index in [-0.39, 0.29) is 12.1 Å². The first-order valence-electron chi connectivity index (χ1n) is 6.38. The van der Waals surface area contributed by atoms with Crippen molar-refractivity contribution >= 4 is 17.4 Å². The average molecular weight is 268 g/mol. The third kappa shape index (κ3) is 3.99. The van der Waals surface area contributed by atoms with Crippen molar-refractivity contribution in [2.75, 3.05) is 26.7 Å². The molecule has 1 fully saturated rings. The van der Waals surface area contributed by atoms with Crippen molar-refractivity contribution in [3.8, 4) is 0 Å². The largest absolute Gasteiger partial charge is 0.376 e. The van der Waals surface area contributed by atoms with E-state index >= 15 is 0 Å². The molecule has 2 rings (SSSR count). The van der Waals surface area contributed by atoms with Gasteiger partial charge in [-0.15, -0.1) is 11.3 Å². The summed E-state index contributed by atoms with van der Waals surface area (Å²) in [6, 6.07) is 4.11.